The molecule has 0 radical (unpaired) electrons. The number of imidazole rings is 2. The summed E-state index contributed by atoms with van der Waals surface area (Å²) in [7, 11) is 4.16. The minimum absolute atomic E-state index is 0.0479. The maximum atomic E-state index is 12.1. The summed E-state index contributed by atoms with van der Waals surface area (Å²) < 4.78 is 11.3. The van der Waals surface area contributed by atoms with Crippen molar-refractivity contribution in [3.05, 3.63) is 66.2 Å². The molecule has 2 atom stereocenters. The fourth-order valence-electron chi connectivity index (χ4n) is 9.63. The second kappa shape index (κ2) is 25.8. The summed E-state index contributed by atoms with van der Waals surface area (Å²) in [6.07, 6.45) is 27.1. The van der Waals surface area contributed by atoms with Crippen LogP contribution in [0.3, 0.4) is 0 Å². The monoisotopic (exact) mass is 1100 g/mol. The van der Waals surface area contributed by atoms with E-state index in [9.17, 15) is 9.59 Å². The van der Waals surface area contributed by atoms with E-state index in [1.54, 1.807) is 22.2 Å². The van der Waals surface area contributed by atoms with Crippen molar-refractivity contribution in [1.82, 2.24) is 48.8 Å². The molecule has 0 aliphatic carbocycles. The molecule has 16 nitrogen and oxygen atoms in total. The largest absolute Gasteiger partial charge is 0.379 e. The van der Waals surface area contributed by atoms with Crippen molar-refractivity contribution in [3.63, 3.8) is 0 Å². The van der Waals surface area contributed by atoms with Gasteiger partial charge in [-0.3, -0.25) is 9.59 Å². The summed E-state index contributed by atoms with van der Waals surface area (Å²) in [5, 5.41) is 26.6. The van der Waals surface area contributed by atoms with E-state index in [0.29, 0.717) is 19.6 Å². The van der Waals surface area contributed by atoms with Gasteiger partial charge in [0.15, 0.2) is 0 Å². The van der Waals surface area contributed by atoms with Gasteiger partial charge in [-0.25, -0.2) is 15.0 Å². The van der Waals surface area contributed by atoms with E-state index in [2.05, 4.69) is 90.1 Å². The van der Waals surface area contributed by atoms with E-state index in [1.165, 1.54) is 55.7 Å². The van der Waals surface area contributed by atoms with E-state index in [1.807, 2.05) is 66.9 Å². The number of aryl methyl sites for hydroxylation is 2. The normalized spacial score (nSPS) is 16.0. The van der Waals surface area contributed by atoms with Crippen molar-refractivity contribution in [1.29, 1.82) is 10.5 Å². The summed E-state index contributed by atoms with van der Waals surface area (Å²) in [6, 6.07) is 8.14. The summed E-state index contributed by atoms with van der Waals surface area (Å²) in [5.74, 6) is 0.644. The molecule has 362 valence electrons. The fraction of sp³-hybridized carbons (Fsp3) is 0.520. The predicted molar refractivity (Wildman–Crippen MR) is 277 cm³/mol. The minimum atomic E-state index is -2.24. The molecular formula is C50H69BrN14O2Sn. The maximum absolute atomic E-state index is 12.1. The molecule has 0 spiro atoms. The van der Waals surface area contributed by atoms with E-state index >= 15 is 0 Å². The summed E-state index contributed by atoms with van der Waals surface area (Å²) >= 11 is 1.29. The summed E-state index contributed by atoms with van der Waals surface area (Å²) in [5.41, 5.74) is 4.53. The number of halogens is 1. The first-order valence-electron chi connectivity index (χ1n) is 24.4. The number of carbonyl (C=O) groups excluding carboxylic acids is 2. The molecule has 2 saturated heterocycles. The Morgan fingerprint density at radius 1 is 0.735 bits per heavy atom. The van der Waals surface area contributed by atoms with Crippen LogP contribution < -0.4 is 14.5 Å². The van der Waals surface area contributed by atoms with Gasteiger partial charge in [-0.15, -0.1) is 0 Å². The van der Waals surface area contributed by atoms with Gasteiger partial charge in [-0.05, 0) is 53.7 Å². The zero-order valence-electron chi connectivity index (χ0n) is 40.5. The van der Waals surface area contributed by atoms with Gasteiger partial charge in [0.2, 0.25) is 11.8 Å². The molecule has 68 heavy (non-hydrogen) atoms. The number of unbranched alkanes of at least 4 members (excludes halogenated alkanes) is 3. The molecule has 8 rings (SSSR count). The van der Waals surface area contributed by atoms with Crippen LogP contribution >= 0.6 is 15.9 Å². The molecule has 2 fully saturated rings. The number of hydrogen-bond acceptors (Lipinski definition) is 10. The zero-order valence-corrected chi connectivity index (χ0v) is 45.0. The molecule has 0 unspecified atom stereocenters. The van der Waals surface area contributed by atoms with E-state index in [4.69, 9.17) is 15.5 Å². The number of pyridine rings is 2. The molecular weight excluding hydrogens is 1030 g/mol. The van der Waals surface area contributed by atoms with Crippen molar-refractivity contribution in [2.75, 3.05) is 36.8 Å². The average Bonchev–Trinajstić information content (AvgIpc) is 4.20. The number of aromatic nitrogens is 8. The molecule has 4 N–H and O–H groups in total. The Morgan fingerprint density at radius 2 is 1.24 bits per heavy atom. The van der Waals surface area contributed by atoms with Crippen LogP contribution in [0.15, 0.2) is 66.2 Å². The molecule has 18 heteroatoms. The van der Waals surface area contributed by atoms with Crippen LogP contribution in [0, 0.1) is 22.7 Å². The number of nitrogens with one attached hydrogen (secondary N) is 4. The predicted octanol–water partition coefficient (Wildman–Crippen LogP) is 9.40. The molecule has 2 aliphatic heterocycles. The molecule has 6 aromatic heterocycles. The van der Waals surface area contributed by atoms with E-state index in [0.717, 1.165) is 81.5 Å². The van der Waals surface area contributed by atoms with Crippen LogP contribution in [-0.2, 0) is 23.7 Å². The number of nitrogens with zero attached hydrogens (tertiary/aromatic N) is 10. The van der Waals surface area contributed by atoms with Crippen LogP contribution in [0.5, 0.6) is 0 Å². The van der Waals surface area contributed by atoms with E-state index in [-0.39, 0.29) is 36.7 Å². The van der Waals surface area contributed by atoms with Crippen LogP contribution in [0.25, 0.3) is 33.5 Å². The van der Waals surface area contributed by atoms with Gasteiger partial charge >= 0.3 is 124 Å². The Hall–Kier alpha value is -5.40. The number of aromatic amines is 2. The Labute approximate surface area is 413 Å². The SMILES string of the molecule is CCC[CH2][Sn]([CH2]CCC)([CH2]CCC)[c]1nccn1C.Cn1ccnc1-c1cnc2[nH]ccc2c1N[C@@H]1CCCN(C(=O)CC#N)C1.N#CCC(=O)N1CCC[C@@H](Nc2c(Br)cnc3[nH]ccc23)C1. The number of rotatable bonds is 17. The smallest absolute Gasteiger partial charge is 0.236 e. The zero-order chi connectivity index (χ0) is 48.5. The van der Waals surface area contributed by atoms with Crippen LogP contribution in [0.1, 0.15) is 97.8 Å². The Kier molecular flexibility index (Phi) is 19.7. The van der Waals surface area contributed by atoms with E-state index < -0.39 is 18.4 Å². The molecule has 2 aliphatic rings. The number of hydrogen-bond donors (Lipinski definition) is 4. The number of H-pyrrole nitrogens is 2. The van der Waals surface area contributed by atoms with Gasteiger partial charge in [0, 0.05) is 93.3 Å². The number of carbonyl (C=O) groups is 2. The molecule has 0 saturated carbocycles. The third kappa shape index (κ3) is 13.2. The molecule has 6 aromatic rings. The second-order valence-corrected chi connectivity index (χ2v) is 31.9. The first kappa shape index (κ1) is 52.0. The van der Waals surface area contributed by atoms with Crippen LogP contribution in [-0.4, -0.2) is 117 Å². The minimum Gasteiger partial charge on any atom is -0.379 e. The molecule has 8 heterocycles. The van der Waals surface area contributed by atoms with Crippen molar-refractivity contribution >= 4 is 83.4 Å². The fourth-order valence-corrected chi connectivity index (χ4v) is 26.3. The topological polar surface area (TPSA) is 205 Å². The van der Waals surface area contributed by atoms with Crippen LogP contribution in [0.2, 0.25) is 13.3 Å². The van der Waals surface area contributed by atoms with Gasteiger partial charge in [0.05, 0.1) is 33.5 Å². The number of piperidine rings is 2. The molecule has 0 bridgehead atoms. The second-order valence-electron chi connectivity index (χ2n) is 18.1. The van der Waals surface area contributed by atoms with Crippen molar-refractivity contribution in [2.24, 2.45) is 14.1 Å². The third-order valence-electron chi connectivity index (χ3n) is 13.2. The van der Waals surface area contributed by atoms with Crippen molar-refractivity contribution in [3.8, 4) is 23.5 Å². The number of anilines is 2. The first-order chi connectivity index (χ1) is 33.1. The van der Waals surface area contributed by atoms with Gasteiger partial charge < -0.3 is 35.0 Å². The maximum Gasteiger partial charge on any atom is 0.236 e. The quantitative estimate of drug-likeness (QED) is 0.0637. The third-order valence-corrected chi connectivity index (χ3v) is 29.1. The number of amides is 2. The molecule has 0 aromatic carbocycles. The first-order valence-corrected chi connectivity index (χ1v) is 32.7. The van der Waals surface area contributed by atoms with Crippen molar-refractivity contribution in [2.45, 2.75) is 123 Å². The standard InChI is InChI=1S/C19H21N7O.C15H16BrN5O.C4H5N2.3C4H9.Sn/c1-25-10-8-22-19(25)15-11-23-18-14(5-7-21-18)17(15)24-13-3-2-9-26(12-13)16(27)4-6-20;16-12-8-19-15-11(4-6-18-15)14(12)20-10-2-1-7-21(9-10)13(22)3-5-17;1-6-3-2-5-4-6;3*1-3-4-2;/h5,7-8,10-11,13H,2-4,9,12H2,1H3,(H2,21,23,24);4,6,8,10H,1-3,7,9H2,(H2,18,19,20);2-3H,1H3;3*1,3-4H2,2H3;/t13-;10-;;;;;/m11...../s1. The number of fused-ring (bicyclic) bond motifs is 2. The Morgan fingerprint density at radius 3 is 1.72 bits per heavy atom. The van der Waals surface area contributed by atoms with Gasteiger partial charge in [0.25, 0.3) is 0 Å². The molecule has 2 amide bonds. The van der Waals surface area contributed by atoms with Gasteiger partial charge in [-0.2, -0.15) is 10.5 Å². The van der Waals surface area contributed by atoms with Gasteiger partial charge in [-0.1, -0.05) is 0 Å². The number of nitriles is 2. The van der Waals surface area contributed by atoms with Gasteiger partial charge in [0.1, 0.15) is 30.0 Å². The summed E-state index contributed by atoms with van der Waals surface area (Å²) in [4.78, 5) is 51.9. The average molecular weight is 1100 g/mol. The Bertz CT molecular complexity index is 2620. The summed E-state index contributed by atoms with van der Waals surface area (Å²) in [6.45, 7) is 9.64. The van der Waals surface area contributed by atoms with Crippen LogP contribution in [0.4, 0.5) is 11.4 Å². The van der Waals surface area contributed by atoms with Crippen molar-refractivity contribution < 1.29 is 9.59 Å². The Balaban J connectivity index is 0.000000171. The number of likely N-dealkylation sites (tertiary alicyclic amines) is 2.